The van der Waals surface area contributed by atoms with Gasteiger partial charge in [0.15, 0.2) is 5.82 Å². The molecule has 3 aromatic heterocycles. The predicted octanol–water partition coefficient (Wildman–Crippen LogP) is 0.766. The van der Waals surface area contributed by atoms with E-state index < -0.39 is 0 Å². The molecule has 0 radical (unpaired) electrons. The Labute approximate surface area is 107 Å². The van der Waals surface area contributed by atoms with E-state index in [1.807, 2.05) is 19.3 Å². The first-order chi connectivity index (χ1) is 8.75. The summed E-state index contributed by atoms with van der Waals surface area (Å²) in [4.78, 5) is 5.14. The maximum absolute atomic E-state index is 5.88. The summed E-state index contributed by atoms with van der Waals surface area (Å²) in [6, 6.07) is 1.89. The Morgan fingerprint density at radius 2 is 2.33 bits per heavy atom. The number of anilines is 1. The van der Waals surface area contributed by atoms with Crippen LogP contribution in [0, 0.1) is 0 Å². The molecule has 0 saturated heterocycles. The summed E-state index contributed by atoms with van der Waals surface area (Å²) in [6.07, 6.45) is 3.54. The van der Waals surface area contributed by atoms with Crippen molar-refractivity contribution in [3.8, 4) is 11.4 Å². The molecule has 0 unspecified atom stereocenters. The zero-order valence-electron chi connectivity index (χ0n) is 9.69. The summed E-state index contributed by atoms with van der Waals surface area (Å²) in [5.74, 6) is 0.406. The number of nitrogens with two attached hydrogens (primary N) is 1. The van der Waals surface area contributed by atoms with E-state index in [1.54, 1.807) is 32.4 Å². The topological polar surface area (TPSA) is 87.4 Å². The SMILES string of the molecule is Cn1nccc1-c1c(N)nnn1Cc1cncs1. The molecular formula is C10H11N7S. The van der Waals surface area contributed by atoms with E-state index in [-0.39, 0.29) is 0 Å². The fourth-order valence-electron chi connectivity index (χ4n) is 1.77. The van der Waals surface area contributed by atoms with Gasteiger partial charge in [-0.25, -0.2) is 4.68 Å². The zero-order chi connectivity index (χ0) is 12.5. The van der Waals surface area contributed by atoms with Gasteiger partial charge in [-0.05, 0) is 6.07 Å². The van der Waals surface area contributed by atoms with E-state index in [2.05, 4.69) is 20.4 Å². The maximum Gasteiger partial charge on any atom is 0.175 e. The second kappa shape index (κ2) is 4.22. The minimum Gasteiger partial charge on any atom is -0.380 e. The highest BCUT2D eigenvalue weighted by Crippen LogP contribution is 2.24. The third-order valence-corrected chi connectivity index (χ3v) is 3.38. The van der Waals surface area contributed by atoms with Crippen LogP contribution in [0.15, 0.2) is 24.0 Å². The second-order valence-electron chi connectivity index (χ2n) is 3.79. The Morgan fingerprint density at radius 3 is 3.00 bits per heavy atom. The highest BCUT2D eigenvalue weighted by atomic mass is 32.1. The van der Waals surface area contributed by atoms with Crippen molar-refractivity contribution < 1.29 is 0 Å². The van der Waals surface area contributed by atoms with Crippen molar-refractivity contribution in [3.05, 3.63) is 28.8 Å². The first kappa shape index (κ1) is 10.9. The molecule has 3 aromatic rings. The van der Waals surface area contributed by atoms with Crippen LogP contribution >= 0.6 is 11.3 Å². The van der Waals surface area contributed by atoms with Crippen LogP contribution in [-0.2, 0) is 13.6 Å². The van der Waals surface area contributed by atoms with Crippen molar-refractivity contribution in [1.29, 1.82) is 0 Å². The summed E-state index contributed by atoms with van der Waals surface area (Å²) in [6.45, 7) is 0.607. The molecule has 0 atom stereocenters. The van der Waals surface area contributed by atoms with Gasteiger partial charge in [0.25, 0.3) is 0 Å². The lowest BCUT2D eigenvalue weighted by molar-refractivity contribution is 0.654. The lowest BCUT2D eigenvalue weighted by Crippen LogP contribution is -2.06. The van der Waals surface area contributed by atoms with E-state index in [0.29, 0.717) is 12.4 Å². The molecule has 0 amide bonds. The van der Waals surface area contributed by atoms with Crippen molar-refractivity contribution >= 4 is 17.2 Å². The minimum atomic E-state index is 0.406. The fraction of sp³-hybridized carbons (Fsp3) is 0.200. The normalized spacial score (nSPS) is 10.9. The van der Waals surface area contributed by atoms with E-state index in [1.165, 1.54) is 0 Å². The number of thiazole rings is 1. The molecule has 0 aromatic carbocycles. The summed E-state index contributed by atoms with van der Waals surface area (Å²) < 4.78 is 3.51. The molecule has 92 valence electrons. The van der Waals surface area contributed by atoms with Crippen LogP contribution in [0.4, 0.5) is 5.82 Å². The molecule has 0 bridgehead atoms. The zero-order valence-corrected chi connectivity index (χ0v) is 10.5. The van der Waals surface area contributed by atoms with E-state index in [0.717, 1.165) is 16.3 Å². The fourth-order valence-corrected chi connectivity index (χ4v) is 2.35. The predicted molar refractivity (Wildman–Crippen MR) is 67.9 cm³/mol. The molecule has 2 N–H and O–H groups in total. The molecule has 3 heterocycles. The molecule has 8 heteroatoms. The lowest BCUT2D eigenvalue weighted by atomic mass is 10.3. The van der Waals surface area contributed by atoms with Gasteiger partial charge in [0.1, 0.15) is 5.69 Å². The van der Waals surface area contributed by atoms with Gasteiger partial charge in [0.2, 0.25) is 0 Å². The summed E-state index contributed by atoms with van der Waals surface area (Å²) in [7, 11) is 1.86. The average Bonchev–Trinajstić information content (AvgIpc) is 3.04. The quantitative estimate of drug-likeness (QED) is 0.752. The van der Waals surface area contributed by atoms with Crippen LogP contribution in [0.25, 0.3) is 11.4 Å². The molecule has 0 aliphatic carbocycles. The largest absolute Gasteiger partial charge is 0.380 e. The Morgan fingerprint density at radius 1 is 1.44 bits per heavy atom. The monoisotopic (exact) mass is 261 g/mol. The summed E-state index contributed by atoms with van der Waals surface area (Å²) in [5, 5.41) is 12.1. The van der Waals surface area contributed by atoms with Crippen LogP contribution in [0.3, 0.4) is 0 Å². The third kappa shape index (κ3) is 1.76. The Balaban J connectivity index is 2.04. The van der Waals surface area contributed by atoms with Gasteiger partial charge in [0.05, 0.1) is 17.7 Å². The second-order valence-corrected chi connectivity index (χ2v) is 4.76. The van der Waals surface area contributed by atoms with E-state index in [9.17, 15) is 0 Å². The molecule has 0 saturated carbocycles. The van der Waals surface area contributed by atoms with E-state index >= 15 is 0 Å². The minimum absolute atomic E-state index is 0.406. The van der Waals surface area contributed by atoms with Gasteiger partial charge in [-0.2, -0.15) is 5.10 Å². The number of hydrogen-bond donors (Lipinski definition) is 1. The number of aromatic nitrogens is 6. The van der Waals surface area contributed by atoms with Crippen molar-refractivity contribution in [2.45, 2.75) is 6.54 Å². The van der Waals surface area contributed by atoms with Crippen LogP contribution < -0.4 is 5.73 Å². The number of hydrogen-bond acceptors (Lipinski definition) is 6. The smallest absolute Gasteiger partial charge is 0.175 e. The van der Waals surface area contributed by atoms with Crippen LogP contribution in [0.2, 0.25) is 0 Å². The maximum atomic E-state index is 5.88. The van der Waals surface area contributed by atoms with Crippen molar-refractivity contribution in [3.63, 3.8) is 0 Å². The Kier molecular flexibility index (Phi) is 2.56. The van der Waals surface area contributed by atoms with Gasteiger partial charge < -0.3 is 5.73 Å². The highest BCUT2D eigenvalue weighted by molar-refractivity contribution is 7.09. The molecule has 7 nitrogen and oxygen atoms in total. The summed E-state index contributed by atoms with van der Waals surface area (Å²) >= 11 is 1.57. The van der Waals surface area contributed by atoms with Gasteiger partial charge in [-0.1, -0.05) is 5.21 Å². The van der Waals surface area contributed by atoms with E-state index in [4.69, 9.17) is 5.73 Å². The number of rotatable bonds is 3. The van der Waals surface area contributed by atoms with Crippen molar-refractivity contribution in [2.75, 3.05) is 5.73 Å². The molecule has 0 fully saturated rings. The van der Waals surface area contributed by atoms with Crippen molar-refractivity contribution in [1.82, 2.24) is 29.8 Å². The van der Waals surface area contributed by atoms with Crippen LogP contribution in [0.5, 0.6) is 0 Å². The first-order valence-corrected chi connectivity index (χ1v) is 6.18. The van der Waals surface area contributed by atoms with Crippen LogP contribution in [0.1, 0.15) is 4.88 Å². The summed E-state index contributed by atoms with van der Waals surface area (Å²) in [5.41, 5.74) is 9.35. The number of nitrogens with zero attached hydrogens (tertiary/aromatic N) is 6. The Hall–Kier alpha value is -2.22. The van der Waals surface area contributed by atoms with Gasteiger partial charge in [-0.15, -0.1) is 16.4 Å². The molecule has 0 spiro atoms. The molecule has 18 heavy (non-hydrogen) atoms. The molecule has 0 aliphatic heterocycles. The van der Waals surface area contributed by atoms with Crippen LogP contribution in [-0.4, -0.2) is 29.8 Å². The van der Waals surface area contributed by atoms with Crippen molar-refractivity contribution in [2.24, 2.45) is 7.05 Å². The third-order valence-electron chi connectivity index (χ3n) is 2.61. The molecule has 0 aliphatic rings. The highest BCUT2D eigenvalue weighted by Gasteiger charge is 2.16. The average molecular weight is 261 g/mol. The standard InChI is InChI=1S/C10H11N7S/c1-16-8(2-3-13-16)9-10(11)14-15-17(9)5-7-4-12-6-18-7/h2-4,6H,5,11H2,1H3. The molecular weight excluding hydrogens is 250 g/mol. The van der Waals surface area contributed by atoms with Gasteiger partial charge >= 0.3 is 0 Å². The van der Waals surface area contributed by atoms with Gasteiger partial charge in [0, 0.05) is 24.3 Å². The number of nitrogen functional groups attached to an aromatic ring is 1. The van der Waals surface area contributed by atoms with Gasteiger partial charge in [-0.3, -0.25) is 9.67 Å². The molecule has 3 rings (SSSR count). The number of aryl methyl sites for hydroxylation is 1. The first-order valence-electron chi connectivity index (χ1n) is 5.30. The Bertz CT molecular complexity index is 652. The lowest BCUT2D eigenvalue weighted by Gasteiger charge is -2.05.